The van der Waals surface area contributed by atoms with Crippen molar-refractivity contribution in [2.24, 2.45) is 0 Å². The first-order valence-corrected chi connectivity index (χ1v) is 7.69. The molecule has 0 amide bonds. The summed E-state index contributed by atoms with van der Waals surface area (Å²) in [5, 5.41) is 2.89. The second kappa shape index (κ2) is 5.85. The molecule has 2 rings (SSSR count). The largest absolute Gasteiger partial charge is 0.387 e. The lowest BCUT2D eigenvalue weighted by Crippen LogP contribution is -2.40. The molecule has 1 N–H and O–H groups in total. The van der Waals surface area contributed by atoms with Crippen molar-refractivity contribution < 1.29 is 13.2 Å². The Morgan fingerprint density at radius 3 is 2.74 bits per heavy atom. The quantitative estimate of drug-likeness (QED) is 0.891. The van der Waals surface area contributed by atoms with Crippen molar-refractivity contribution >= 4 is 15.7 Å². The number of sulfonamides is 1. The number of hydrogen-bond acceptors (Lipinski definition) is 5. The van der Waals surface area contributed by atoms with Gasteiger partial charge in [-0.2, -0.15) is 4.31 Å². The van der Waals surface area contributed by atoms with E-state index in [1.807, 2.05) is 0 Å². The number of pyridine rings is 1. The normalized spacial score (nSPS) is 17.6. The van der Waals surface area contributed by atoms with E-state index in [4.69, 9.17) is 4.74 Å². The zero-order chi connectivity index (χ0) is 13.9. The molecule has 1 fully saturated rings. The molecule has 1 aromatic heterocycles. The predicted octanol–water partition coefficient (Wildman–Crippen LogP) is 0.923. The Balaban J connectivity index is 2.30. The summed E-state index contributed by atoms with van der Waals surface area (Å²) in [6.45, 7) is 1.22. The fourth-order valence-electron chi connectivity index (χ4n) is 2.19. The Kier molecular flexibility index (Phi) is 4.38. The number of nitrogens with one attached hydrogen (secondary N) is 1. The Bertz CT molecular complexity index is 527. The number of nitrogens with zero attached hydrogens (tertiary/aromatic N) is 2. The molecule has 106 valence electrons. The Labute approximate surface area is 113 Å². The average molecular weight is 285 g/mol. The van der Waals surface area contributed by atoms with Crippen LogP contribution in [0.25, 0.3) is 0 Å². The lowest BCUT2D eigenvalue weighted by Gasteiger charge is -2.30. The first-order chi connectivity index (χ1) is 9.07. The van der Waals surface area contributed by atoms with Gasteiger partial charge < -0.3 is 10.1 Å². The highest BCUT2D eigenvalue weighted by molar-refractivity contribution is 7.89. The van der Waals surface area contributed by atoms with Crippen LogP contribution in [0.15, 0.2) is 23.4 Å². The van der Waals surface area contributed by atoms with Crippen LogP contribution in [0.1, 0.15) is 12.8 Å². The van der Waals surface area contributed by atoms with Crippen molar-refractivity contribution in [2.75, 3.05) is 32.6 Å². The van der Waals surface area contributed by atoms with Gasteiger partial charge in [0.15, 0.2) is 0 Å². The molecule has 1 aliphatic heterocycles. The summed E-state index contributed by atoms with van der Waals surface area (Å²) < 4.78 is 31.9. The van der Waals surface area contributed by atoms with Crippen LogP contribution in [0, 0.1) is 0 Å². The van der Waals surface area contributed by atoms with Crippen molar-refractivity contribution in [3.8, 4) is 0 Å². The van der Waals surface area contributed by atoms with E-state index in [9.17, 15) is 8.42 Å². The minimum absolute atomic E-state index is 0.0105. The van der Waals surface area contributed by atoms with Gasteiger partial charge in [-0.3, -0.25) is 4.98 Å². The van der Waals surface area contributed by atoms with Crippen molar-refractivity contribution in [3.05, 3.63) is 18.5 Å². The lowest BCUT2D eigenvalue weighted by molar-refractivity contribution is 0.0632. The van der Waals surface area contributed by atoms with Gasteiger partial charge in [0.25, 0.3) is 0 Å². The molecule has 1 aromatic rings. The third-order valence-corrected chi connectivity index (χ3v) is 5.35. The summed E-state index contributed by atoms with van der Waals surface area (Å²) in [6.07, 6.45) is 4.41. The molecule has 2 heterocycles. The molecule has 0 spiro atoms. The van der Waals surface area contributed by atoms with Crippen LogP contribution in [0.2, 0.25) is 0 Å². The van der Waals surface area contributed by atoms with Gasteiger partial charge >= 0.3 is 0 Å². The van der Waals surface area contributed by atoms with Crippen LogP contribution < -0.4 is 5.32 Å². The molecule has 7 heteroatoms. The highest BCUT2D eigenvalue weighted by Gasteiger charge is 2.31. The van der Waals surface area contributed by atoms with Gasteiger partial charge in [0, 0.05) is 45.7 Å². The van der Waals surface area contributed by atoms with Crippen LogP contribution >= 0.6 is 0 Å². The maximum absolute atomic E-state index is 12.6. The summed E-state index contributed by atoms with van der Waals surface area (Å²) in [5.41, 5.74) is 0.564. The van der Waals surface area contributed by atoms with Crippen LogP contribution in [0.5, 0.6) is 0 Å². The molecule has 6 nitrogen and oxygen atoms in total. The topological polar surface area (TPSA) is 71.5 Å². The summed E-state index contributed by atoms with van der Waals surface area (Å²) in [6, 6.07) is 1.65. The molecular weight excluding hydrogens is 266 g/mol. The average Bonchev–Trinajstić information content (AvgIpc) is 2.47. The van der Waals surface area contributed by atoms with Crippen molar-refractivity contribution in [2.45, 2.75) is 23.8 Å². The van der Waals surface area contributed by atoms with E-state index in [2.05, 4.69) is 10.3 Å². The molecule has 0 bridgehead atoms. The molecule has 19 heavy (non-hydrogen) atoms. The van der Waals surface area contributed by atoms with Gasteiger partial charge in [-0.1, -0.05) is 0 Å². The molecule has 0 unspecified atom stereocenters. The van der Waals surface area contributed by atoms with Crippen LogP contribution in [-0.2, 0) is 14.8 Å². The zero-order valence-corrected chi connectivity index (χ0v) is 12.0. The summed E-state index contributed by atoms with van der Waals surface area (Å²) in [7, 11) is -0.209. The second-order valence-electron chi connectivity index (χ2n) is 4.49. The first-order valence-electron chi connectivity index (χ1n) is 6.25. The SMILES string of the molecule is CNc1ccncc1S(=O)(=O)N(C)C1CCOCC1. The monoisotopic (exact) mass is 285 g/mol. The third-order valence-electron chi connectivity index (χ3n) is 3.42. The van der Waals surface area contributed by atoms with Crippen molar-refractivity contribution in [3.63, 3.8) is 0 Å². The second-order valence-corrected chi connectivity index (χ2v) is 6.45. The predicted molar refractivity (Wildman–Crippen MR) is 72.6 cm³/mol. The third kappa shape index (κ3) is 2.88. The Hall–Kier alpha value is -1.18. The molecule has 0 aromatic carbocycles. The number of aromatic nitrogens is 1. The highest BCUT2D eigenvalue weighted by atomic mass is 32.2. The highest BCUT2D eigenvalue weighted by Crippen LogP contribution is 2.26. The lowest BCUT2D eigenvalue weighted by atomic mass is 10.1. The van der Waals surface area contributed by atoms with Gasteiger partial charge in [0.2, 0.25) is 10.0 Å². The number of rotatable bonds is 4. The fraction of sp³-hybridized carbons (Fsp3) is 0.583. The van der Waals surface area contributed by atoms with E-state index in [0.29, 0.717) is 18.9 Å². The van der Waals surface area contributed by atoms with E-state index >= 15 is 0 Å². The Morgan fingerprint density at radius 1 is 1.42 bits per heavy atom. The smallest absolute Gasteiger partial charge is 0.246 e. The van der Waals surface area contributed by atoms with Gasteiger partial charge in [-0.15, -0.1) is 0 Å². The molecule has 0 radical (unpaired) electrons. The van der Waals surface area contributed by atoms with Crippen LogP contribution in [0.4, 0.5) is 5.69 Å². The van der Waals surface area contributed by atoms with Crippen molar-refractivity contribution in [1.29, 1.82) is 0 Å². The van der Waals surface area contributed by atoms with Gasteiger partial charge in [-0.25, -0.2) is 8.42 Å². The van der Waals surface area contributed by atoms with Gasteiger partial charge in [-0.05, 0) is 18.9 Å². The fourth-order valence-corrected chi connectivity index (χ4v) is 3.75. The van der Waals surface area contributed by atoms with E-state index in [1.165, 1.54) is 10.5 Å². The standard InChI is InChI=1S/C12H19N3O3S/c1-13-11-3-6-14-9-12(11)19(16,17)15(2)10-4-7-18-8-5-10/h3,6,9-10H,4-5,7-8H2,1-2H3,(H,13,14). The van der Waals surface area contributed by atoms with E-state index in [0.717, 1.165) is 12.8 Å². The maximum Gasteiger partial charge on any atom is 0.246 e. The van der Waals surface area contributed by atoms with E-state index in [-0.39, 0.29) is 10.9 Å². The number of ether oxygens (including phenoxy) is 1. The van der Waals surface area contributed by atoms with Crippen LogP contribution in [0.3, 0.4) is 0 Å². The molecule has 0 aliphatic carbocycles. The minimum atomic E-state index is -3.53. The molecular formula is C12H19N3O3S. The van der Waals surface area contributed by atoms with E-state index < -0.39 is 10.0 Å². The molecule has 0 atom stereocenters. The molecule has 0 saturated carbocycles. The number of anilines is 1. The van der Waals surface area contributed by atoms with Gasteiger partial charge in [0.05, 0.1) is 5.69 Å². The molecule has 1 aliphatic rings. The summed E-state index contributed by atoms with van der Waals surface area (Å²) in [4.78, 5) is 4.13. The first kappa shape index (κ1) is 14.2. The molecule has 1 saturated heterocycles. The number of hydrogen-bond donors (Lipinski definition) is 1. The Morgan fingerprint density at radius 2 is 2.11 bits per heavy atom. The zero-order valence-electron chi connectivity index (χ0n) is 11.2. The van der Waals surface area contributed by atoms with E-state index in [1.54, 1.807) is 26.4 Å². The summed E-state index contributed by atoms with van der Waals surface area (Å²) in [5.74, 6) is 0. The van der Waals surface area contributed by atoms with Crippen molar-refractivity contribution in [1.82, 2.24) is 9.29 Å². The minimum Gasteiger partial charge on any atom is -0.387 e. The van der Waals surface area contributed by atoms with Crippen LogP contribution in [-0.4, -0.2) is 51.1 Å². The maximum atomic E-state index is 12.6. The summed E-state index contributed by atoms with van der Waals surface area (Å²) >= 11 is 0. The van der Waals surface area contributed by atoms with Gasteiger partial charge in [0.1, 0.15) is 4.90 Å².